The SMILES string of the molecule is F.F.O=C(CCc1ccccc1)C1=[C-]CC=C1.[Zr]. The van der Waals surface area contributed by atoms with Crippen LogP contribution < -0.4 is 0 Å². The molecule has 1 aromatic rings. The van der Waals surface area contributed by atoms with Gasteiger partial charge in [0.15, 0.2) is 0 Å². The molecule has 0 saturated heterocycles. The third-order valence-corrected chi connectivity index (χ3v) is 2.48. The molecule has 0 spiro atoms. The topological polar surface area (TPSA) is 17.1 Å². The first kappa shape index (κ1) is 19.5. The van der Waals surface area contributed by atoms with Gasteiger partial charge in [-0.3, -0.25) is 9.41 Å². The average molecular weight is 328 g/mol. The van der Waals surface area contributed by atoms with Gasteiger partial charge in [-0.25, -0.2) is 0 Å². The summed E-state index contributed by atoms with van der Waals surface area (Å²) in [4.78, 5) is 11.7. The Morgan fingerprint density at radius 1 is 1.17 bits per heavy atom. The number of rotatable bonds is 4. The van der Waals surface area contributed by atoms with Crippen LogP contribution in [-0.4, -0.2) is 5.78 Å². The predicted molar refractivity (Wildman–Crippen MR) is 65.3 cm³/mol. The molecule has 0 saturated carbocycles. The van der Waals surface area contributed by atoms with Crippen molar-refractivity contribution in [3.63, 3.8) is 0 Å². The van der Waals surface area contributed by atoms with Crippen molar-refractivity contribution >= 4 is 5.78 Å². The summed E-state index contributed by atoms with van der Waals surface area (Å²) < 4.78 is 0. The Morgan fingerprint density at radius 2 is 1.83 bits per heavy atom. The van der Waals surface area contributed by atoms with Gasteiger partial charge in [0.25, 0.3) is 0 Å². The van der Waals surface area contributed by atoms with Crippen LogP contribution in [0.3, 0.4) is 0 Å². The predicted octanol–water partition coefficient (Wildman–Crippen LogP) is 3.18. The molecule has 18 heavy (non-hydrogen) atoms. The van der Waals surface area contributed by atoms with E-state index in [1.807, 2.05) is 30.4 Å². The number of hydrogen-bond donors (Lipinski definition) is 0. The molecule has 1 aliphatic carbocycles. The van der Waals surface area contributed by atoms with Gasteiger partial charge in [0.2, 0.25) is 0 Å². The van der Waals surface area contributed by atoms with Crippen LogP contribution in [0.5, 0.6) is 0 Å². The van der Waals surface area contributed by atoms with E-state index in [9.17, 15) is 4.79 Å². The van der Waals surface area contributed by atoms with Crippen LogP contribution in [0, 0.1) is 6.08 Å². The Labute approximate surface area is 125 Å². The molecule has 0 N–H and O–H groups in total. The van der Waals surface area contributed by atoms with Crippen molar-refractivity contribution in [2.45, 2.75) is 19.3 Å². The van der Waals surface area contributed by atoms with Crippen LogP contribution in [0.15, 0.2) is 48.1 Å². The molecule has 1 nitrogen and oxygen atoms in total. The van der Waals surface area contributed by atoms with Gasteiger partial charge in [-0.2, -0.15) is 17.7 Å². The van der Waals surface area contributed by atoms with E-state index in [1.165, 1.54) is 5.56 Å². The van der Waals surface area contributed by atoms with Crippen LogP contribution in [0.1, 0.15) is 18.4 Å². The zero-order chi connectivity index (χ0) is 10.5. The minimum absolute atomic E-state index is 0. The molecule has 2 rings (SSSR count). The quantitative estimate of drug-likeness (QED) is 0.776. The molecule has 0 aliphatic heterocycles. The zero-order valence-electron chi connectivity index (χ0n) is 9.89. The van der Waals surface area contributed by atoms with E-state index in [2.05, 4.69) is 18.2 Å². The maximum atomic E-state index is 11.7. The molecule has 0 radical (unpaired) electrons. The second kappa shape index (κ2) is 10.1. The van der Waals surface area contributed by atoms with E-state index >= 15 is 0 Å². The molecular formula is C14H15F2OZr-. The molecule has 0 atom stereocenters. The molecule has 0 bridgehead atoms. The Balaban J connectivity index is 0. The minimum atomic E-state index is 0. The normalized spacial score (nSPS) is 11.7. The molecule has 1 aliphatic rings. The van der Waals surface area contributed by atoms with Gasteiger partial charge in [-0.05, 0) is 18.4 Å². The van der Waals surface area contributed by atoms with Crippen molar-refractivity contribution in [1.29, 1.82) is 0 Å². The fourth-order valence-corrected chi connectivity index (χ4v) is 1.63. The first-order valence-corrected chi connectivity index (χ1v) is 5.21. The maximum Gasteiger partial charge on any atom is 0.0498 e. The van der Waals surface area contributed by atoms with Crippen LogP contribution in [0.4, 0.5) is 9.41 Å². The van der Waals surface area contributed by atoms with Crippen molar-refractivity contribution < 1.29 is 40.4 Å². The second-order valence-corrected chi connectivity index (χ2v) is 3.61. The van der Waals surface area contributed by atoms with Gasteiger partial charge in [-0.1, -0.05) is 36.8 Å². The number of benzene rings is 1. The van der Waals surface area contributed by atoms with Gasteiger partial charge < -0.3 is 4.79 Å². The molecule has 0 unspecified atom stereocenters. The summed E-state index contributed by atoms with van der Waals surface area (Å²) in [5.74, 6) is 0.201. The molecule has 0 fully saturated rings. The Kier molecular flexibility index (Phi) is 10.9. The summed E-state index contributed by atoms with van der Waals surface area (Å²) >= 11 is 0. The number of Topliss-reactive ketones (excluding diaryl/α,β-unsaturated/α-hetero) is 1. The van der Waals surface area contributed by atoms with Crippen LogP contribution in [0.25, 0.3) is 0 Å². The largest absolute Gasteiger partial charge is 0.371 e. The van der Waals surface area contributed by atoms with E-state index in [-0.39, 0.29) is 41.4 Å². The van der Waals surface area contributed by atoms with Gasteiger partial charge in [-0.15, -0.1) is 6.08 Å². The van der Waals surface area contributed by atoms with Crippen molar-refractivity contribution in [2.24, 2.45) is 0 Å². The van der Waals surface area contributed by atoms with Gasteiger partial charge in [0, 0.05) is 32.0 Å². The summed E-state index contributed by atoms with van der Waals surface area (Å²) in [6.45, 7) is 0. The van der Waals surface area contributed by atoms with Crippen molar-refractivity contribution in [1.82, 2.24) is 0 Å². The van der Waals surface area contributed by atoms with E-state index in [4.69, 9.17) is 0 Å². The van der Waals surface area contributed by atoms with Crippen molar-refractivity contribution in [3.05, 3.63) is 59.7 Å². The Bertz CT molecular complexity index is 413. The Morgan fingerprint density at radius 3 is 2.39 bits per heavy atom. The third-order valence-electron chi connectivity index (χ3n) is 2.48. The first-order chi connectivity index (χ1) is 7.36. The van der Waals surface area contributed by atoms with Gasteiger partial charge in [0.1, 0.15) is 0 Å². The van der Waals surface area contributed by atoms with Crippen LogP contribution in [0.2, 0.25) is 0 Å². The van der Waals surface area contributed by atoms with E-state index in [1.54, 1.807) is 0 Å². The summed E-state index contributed by atoms with van der Waals surface area (Å²) in [6.07, 6.45) is 9.07. The van der Waals surface area contributed by atoms with Crippen molar-refractivity contribution in [2.75, 3.05) is 0 Å². The standard InChI is InChI=1S/C14H13O.2FH.Zr/c15-14(13-8-4-5-9-13)11-10-12-6-2-1-3-7-12;;;/h1-4,6-8H,5,10-11H2;2*1H;/q-1;;;. The van der Waals surface area contributed by atoms with E-state index < -0.39 is 0 Å². The van der Waals surface area contributed by atoms with Gasteiger partial charge in [0.05, 0.1) is 0 Å². The summed E-state index contributed by atoms with van der Waals surface area (Å²) in [6, 6.07) is 10.1. The number of carbonyl (C=O) groups is 1. The smallest absolute Gasteiger partial charge is 0.0498 e. The number of ketones is 1. The van der Waals surface area contributed by atoms with Crippen LogP contribution in [-0.2, 0) is 37.4 Å². The number of aryl methyl sites for hydroxylation is 1. The Hall–Kier alpha value is -0.887. The molecule has 4 heteroatoms. The molecule has 0 amide bonds. The molecule has 0 aromatic heterocycles. The van der Waals surface area contributed by atoms with Gasteiger partial charge >= 0.3 is 0 Å². The van der Waals surface area contributed by atoms with Crippen molar-refractivity contribution in [3.8, 4) is 0 Å². The molecule has 1 aromatic carbocycles. The summed E-state index contributed by atoms with van der Waals surface area (Å²) in [5.41, 5.74) is 1.97. The first-order valence-electron chi connectivity index (χ1n) is 5.21. The van der Waals surface area contributed by atoms with E-state index in [0.29, 0.717) is 6.42 Å². The number of carbonyl (C=O) groups excluding carboxylic acids is 1. The number of hydrogen-bond acceptors (Lipinski definition) is 1. The van der Waals surface area contributed by atoms with E-state index in [0.717, 1.165) is 18.4 Å². The second-order valence-electron chi connectivity index (χ2n) is 3.61. The molecule has 0 heterocycles. The average Bonchev–Trinajstić information content (AvgIpc) is 2.81. The maximum absolute atomic E-state index is 11.7. The fraction of sp³-hybridized carbons (Fsp3) is 0.214. The summed E-state index contributed by atoms with van der Waals surface area (Å²) in [7, 11) is 0. The molecular weight excluding hydrogens is 313 g/mol. The summed E-state index contributed by atoms with van der Waals surface area (Å²) in [5, 5.41) is 0. The molecule has 96 valence electrons. The zero-order valence-corrected chi connectivity index (χ0v) is 12.3. The van der Waals surface area contributed by atoms with Crippen LogP contribution >= 0.6 is 0 Å². The minimum Gasteiger partial charge on any atom is -0.371 e. The monoisotopic (exact) mass is 327 g/mol. The fourth-order valence-electron chi connectivity index (χ4n) is 1.63. The third kappa shape index (κ3) is 5.63. The number of allylic oxidation sites excluding steroid dienone is 4. The number of halogens is 2.